The minimum absolute atomic E-state index is 0.0925. The van der Waals surface area contributed by atoms with Crippen molar-refractivity contribution in [2.24, 2.45) is 24.2 Å². The van der Waals surface area contributed by atoms with Crippen LogP contribution in [0.25, 0.3) is 0 Å². The van der Waals surface area contributed by atoms with Crippen LogP contribution in [0.15, 0.2) is 6.20 Å². The van der Waals surface area contributed by atoms with Gasteiger partial charge in [0.1, 0.15) is 0 Å². The van der Waals surface area contributed by atoms with Crippen molar-refractivity contribution in [2.45, 2.75) is 52.0 Å². The Kier molecular flexibility index (Phi) is 4.70. The van der Waals surface area contributed by atoms with E-state index in [0.29, 0.717) is 5.92 Å². The van der Waals surface area contributed by atoms with Crippen LogP contribution in [0.3, 0.4) is 0 Å². The summed E-state index contributed by atoms with van der Waals surface area (Å²) in [5.74, 6) is 7.43. The van der Waals surface area contributed by atoms with Gasteiger partial charge in [0, 0.05) is 7.05 Å². The summed E-state index contributed by atoms with van der Waals surface area (Å²) in [6.45, 7) is 4.57. The summed E-state index contributed by atoms with van der Waals surface area (Å²) in [5, 5.41) is 4.33. The third-order valence-electron chi connectivity index (χ3n) is 4.64. The summed E-state index contributed by atoms with van der Waals surface area (Å²) >= 11 is 0. The van der Waals surface area contributed by atoms with E-state index in [9.17, 15) is 0 Å². The average molecular weight is 280 g/mol. The lowest BCUT2D eigenvalue weighted by Crippen LogP contribution is -2.42. The van der Waals surface area contributed by atoms with Gasteiger partial charge in [0.25, 0.3) is 0 Å². The molecule has 1 aliphatic rings. The molecule has 1 aromatic rings. The van der Waals surface area contributed by atoms with Crippen molar-refractivity contribution >= 4 is 0 Å². The minimum atomic E-state index is 0.0925. The third-order valence-corrected chi connectivity index (χ3v) is 4.64. The molecule has 1 aliphatic carbocycles. The largest absolute Gasteiger partial charge is 0.493 e. The Hall–Kier alpha value is -1.07. The van der Waals surface area contributed by atoms with Gasteiger partial charge in [0.2, 0.25) is 0 Å². The van der Waals surface area contributed by atoms with Crippen LogP contribution in [-0.2, 0) is 7.05 Å². The molecular formula is C15H28N4O. The van der Waals surface area contributed by atoms with Gasteiger partial charge in [-0.05, 0) is 30.6 Å². The Bertz CT molecular complexity index is 435. The van der Waals surface area contributed by atoms with Gasteiger partial charge < -0.3 is 4.74 Å². The van der Waals surface area contributed by atoms with Gasteiger partial charge in [-0.3, -0.25) is 16.0 Å². The number of aromatic nitrogens is 2. The maximum atomic E-state index is 5.95. The normalized spacial score (nSPS) is 19.5. The van der Waals surface area contributed by atoms with E-state index < -0.39 is 0 Å². The molecule has 5 heteroatoms. The fourth-order valence-electron chi connectivity index (χ4n) is 3.96. The number of ether oxygens (including phenoxy) is 1. The molecule has 0 saturated heterocycles. The number of hydrogen-bond acceptors (Lipinski definition) is 4. The Morgan fingerprint density at radius 2 is 2.10 bits per heavy atom. The molecule has 2 rings (SSSR count). The van der Waals surface area contributed by atoms with Gasteiger partial charge in [-0.1, -0.05) is 26.7 Å². The molecule has 1 saturated carbocycles. The molecule has 1 aromatic heterocycles. The lowest BCUT2D eigenvalue weighted by molar-refractivity contribution is 0.147. The molecule has 0 aromatic carbocycles. The summed E-state index contributed by atoms with van der Waals surface area (Å²) in [7, 11) is 3.65. The average Bonchev–Trinajstić information content (AvgIpc) is 2.99. The van der Waals surface area contributed by atoms with Crippen molar-refractivity contribution in [3.63, 3.8) is 0 Å². The topological polar surface area (TPSA) is 65.1 Å². The Morgan fingerprint density at radius 1 is 1.45 bits per heavy atom. The van der Waals surface area contributed by atoms with Crippen LogP contribution in [0, 0.1) is 11.3 Å². The number of hydrazine groups is 1. The Morgan fingerprint density at radius 3 is 2.60 bits per heavy atom. The first-order valence-corrected chi connectivity index (χ1v) is 7.56. The van der Waals surface area contributed by atoms with Crippen molar-refractivity contribution < 1.29 is 4.74 Å². The highest BCUT2D eigenvalue weighted by Crippen LogP contribution is 2.52. The molecule has 5 nitrogen and oxygen atoms in total. The molecular weight excluding hydrogens is 252 g/mol. The van der Waals surface area contributed by atoms with E-state index in [1.54, 1.807) is 13.3 Å². The van der Waals surface area contributed by atoms with Gasteiger partial charge in [0.15, 0.2) is 5.75 Å². The molecule has 0 aliphatic heterocycles. The van der Waals surface area contributed by atoms with Gasteiger partial charge >= 0.3 is 0 Å². The molecule has 1 heterocycles. The summed E-state index contributed by atoms with van der Waals surface area (Å²) < 4.78 is 7.37. The number of rotatable bonds is 6. The second-order valence-corrected chi connectivity index (χ2v) is 6.49. The highest BCUT2D eigenvalue weighted by atomic mass is 16.5. The molecule has 0 radical (unpaired) electrons. The van der Waals surface area contributed by atoms with Crippen LogP contribution in [-0.4, -0.2) is 16.9 Å². The predicted molar refractivity (Wildman–Crippen MR) is 80.2 cm³/mol. The number of nitrogens with one attached hydrogen (secondary N) is 1. The molecule has 1 unspecified atom stereocenters. The Labute approximate surface area is 121 Å². The predicted octanol–water partition coefficient (Wildman–Crippen LogP) is 2.54. The van der Waals surface area contributed by atoms with Crippen LogP contribution in [0.4, 0.5) is 0 Å². The first kappa shape index (κ1) is 15.3. The summed E-state index contributed by atoms with van der Waals surface area (Å²) in [5.41, 5.74) is 4.35. The van der Waals surface area contributed by atoms with Gasteiger partial charge in [-0.15, -0.1) is 0 Å². The molecule has 0 amide bonds. The van der Waals surface area contributed by atoms with E-state index in [-0.39, 0.29) is 11.5 Å². The number of nitrogens with two attached hydrogens (primary N) is 1. The van der Waals surface area contributed by atoms with Gasteiger partial charge in [-0.2, -0.15) is 5.10 Å². The minimum Gasteiger partial charge on any atom is -0.493 e. The van der Waals surface area contributed by atoms with Crippen LogP contribution < -0.4 is 16.0 Å². The summed E-state index contributed by atoms with van der Waals surface area (Å²) in [4.78, 5) is 0. The van der Waals surface area contributed by atoms with E-state index in [1.807, 2.05) is 11.7 Å². The van der Waals surface area contributed by atoms with Crippen molar-refractivity contribution in [3.05, 3.63) is 11.9 Å². The molecule has 1 fully saturated rings. The summed E-state index contributed by atoms with van der Waals surface area (Å²) in [6, 6.07) is 0.0925. The van der Waals surface area contributed by atoms with Crippen LogP contribution >= 0.6 is 0 Å². The van der Waals surface area contributed by atoms with Crippen LogP contribution in [0.2, 0.25) is 0 Å². The molecule has 0 bridgehead atoms. The van der Waals surface area contributed by atoms with Crippen LogP contribution in [0.1, 0.15) is 57.7 Å². The smallest absolute Gasteiger partial charge is 0.161 e. The zero-order chi connectivity index (χ0) is 14.8. The first-order chi connectivity index (χ1) is 9.54. The standard InChI is InChI=1S/C15H28N4O/c1-11(2)9-15(7-5-6-8-15)14(18-16)13-12(20-4)10-17-19(13)3/h10-11,14,18H,5-9,16H2,1-4H3. The van der Waals surface area contributed by atoms with Crippen molar-refractivity contribution in [3.8, 4) is 5.75 Å². The third kappa shape index (κ3) is 2.69. The zero-order valence-electron chi connectivity index (χ0n) is 13.1. The lowest BCUT2D eigenvalue weighted by Gasteiger charge is -2.39. The number of hydrogen-bond donors (Lipinski definition) is 2. The van der Waals surface area contributed by atoms with Crippen molar-refractivity contribution in [2.75, 3.05) is 7.11 Å². The van der Waals surface area contributed by atoms with E-state index in [2.05, 4.69) is 24.4 Å². The second-order valence-electron chi connectivity index (χ2n) is 6.49. The molecule has 3 N–H and O–H groups in total. The monoisotopic (exact) mass is 280 g/mol. The second kappa shape index (κ2) is 6.14. The lowest BCUT2D eigenvalue weighted by atomic mass is 9.71. The maximum absolute atomic E-state index is 5.95. The van der Waals surface area contributed by atoms with Crippen LogP contribution in [0.5, 0.6) is 5.75 Å². The summed E-state index contributed by atoms with van der Waals surface area (Å²) in [6.07, 6.45) is 7.95. The number of aryl methyl sites for hydroxylation is 1. The van der Waals surface area contributed by atoms with Gasteiger partial charge in [-0.25, -0.2) is 0 Å². The van der Waals surface area contributed by atoms with Gasteiger partial charge in [0.05, 0.1) is 25.0 Å². The first-order valence-electron chi connectivity index (χ1n) is 7.56. The molecule has 0 spiro atoms. The van der Waals surface area contributed by atoms with Crippen molar-refractivity contribution in [1.82, 2.24) is 15.2 Å². The zero-order valence-corrected chi connectivity index (χ0v) is 13.1. The van der Waals surface area contributed by atoms with Crippen molar-refractivity contribution in [1.29, 1.82) is 0 Å². The fourth-order valence-corrected chi connectivity index (χ4v) is 3.96. The van der Waals surface area contributed by atoms with E-state index in [0.717, 1.165) is 11.4 Å². The molecule has 20 heavy (non-hydrogen) atoms. The van der Waals surface area contributed by atoms with E-state index in [1.165, 1.54) is 32.1 Å². The molecule has 1 atom stereocenters. The van der Waals surface area contributed by atoms with E-state index in [4.69, 9.17) is 10.6 Å². The number of nitrogens with zero attached hydrogens (tertiary/aromatic N) is 2. The van der Waals surface area contributed by atoms with E-state index >= 15 is 0 Å². The Balaban J connectivity index is 2.40. The maximum Gasteiger partial charge on any atom is 0.161 e. The SMILES string of the molecule is COc1cnn(C)c1C(NN)C1(CC(C)C)CCCC1. The molecule has 114 valence electrons. The highest BCUT2D eigenvalue weighted by molar-refractivity contribution is 5.30. The fraction of sp³-hybridized carbons (Fsp3) is 0.800. The number of methoxy groups -OCH3 is 1. The quantitative estimate of drug-likeness (QED) is 0.621. The highest BCUT2D eigenvalue weighted by Gasteiger charge is 2.44.